The Morgan fingerprint density at radius 1 is 1.09 bits per heavy atom. The number of thioether (sulfide) groups is 1. The molecule has 2 aromatic carbocycles. The Bertz CT molecular complexity index is 886. The summed E-state index contributed by atoms with van der Waals surface area (Å²) in [6.07, 6.45) is 5.94. The van der Waals surface area contributed by atoms with Crippen molar-refractivity contribution in [3.8, 4) is 0 Å². The lowest BCUT2D eigenvalue weighted by Gasteiger charge is -2.32. The number of hydrogen-bond donors (Lipinski definition) is 1. The van der Waals surface area contributed by atoms with Gasteiger partial charge in [0.2, 0.25) is 11.8 Å². The van der Waals surface area contributed by atoms with E-state index in [0.717, 1.165) is 36.1 Å². The fourth-order valence-electron chi connectivity index (χ4n) is 4.01. The van der Waals surface area contributed by atoms with Gasteiger partial charge < -0.3 is 10.2 Å². The van der Waals surface area contributed by atoms with Gasteiger partial charge in [0.05, 0.1) is 5.75 Å². The normalized spacial score (nSPS) is 15.2. The molecule has 0 unspecified atom stereocenters. The zero-order valence-electron chi connectivity index (χ0n) is 18.4. The van der Waals surface area contributed by atoms with Crippen LogP contribution in [0.25, 0.3) is 0 Å². The lowest BCUT2D eigenvalue weighted by atomic mass is 9.95. The molecule has 0 aromatic heterocycles. The van der Waals surface area contributed by atoms with Gasteiger partial charge in [0.1, 0.15) is 11.9 Å². The van der Waals surface area contributed by atoms with Gasteiger partial charge in [-0.1, -0.05) is 49.9 Å². The van der Waals surface area contributed by atoms with Crippen molar-refractivity contribution in [3.63, 3.8) is 0 Å². The molecule has 1 aliphatic rings. The van der Waals surface area contributed by atoms with Crippen molar-refractivity contribution in [2.45, 2.75) is 69.0 Å². The lowest BCUT2D eigenvalue weighted by molar-refractivity contribution is -0.139. The molecule has 0 spiro atoms. The third kappa shape index (κ3) is 7.24. The zero-order chi connectivity index (χ0) is 22.9. The third-order valence-corrected chi connectivity index (χ3v) is 7.03. The van der Waals surface area contributed by atoms with Crippen LogP contribution in [-0.2, 0) is 16.1 Å². The number of hydrogen-bond acceptors (Lipinski definition) is 3. The maximum atomic E-state index is 13.4. The number of nitrogens with zero attached hydrogens (tertiary/aromatic N) is 1. The van der Waals surface area contributed by atoms with E-state index in [-0.39, 0.29) is 36.0 Å². The third-order valence-electron chi connectivity index (χ3n) is 5.78. The zero-order valence-corrected chi connectivity index (χ0v) is 19.9. The van der Waals surface area contributed by atoms with Crippen LogP contribution in [0.15, 0.2) is 53.4 Å². The van der Waals surface area contributed by atoms with Gasteiger partial charge in [-0.15, -0.1) is 11.8 Å². The standard InChI is InChI=1S/C25H30ClFN2O2S/c1-2-23(25(31)28-21-6-4-3-5-7-21)29(16-18-8-12-20(27)13-9-18)24(30)17-32-22-14-10-19(26)11-15-22/h8-15,21,23H,2-7,16-17H2,1H3,(H,28,31)/t23-/m0/s1. The predicted octanol–water partition coefficient (Wildman–Crippen LogP) is 5.83. The molecule has 2 aromatic rings. The monoisotopic (exact) mass is 476 g/mol. The van der Waals surface area contributed by atoms with Crippen molar-refractivity contribution in [1.29, 1.82) is 0 Å². The van der Waals surface area contributed by atoms with Gasteiger partial charge in [0, 0.05) is 22.5 Å². The molecule has 4 nitrogen and oxygen atoms in total. The van der Waals surface area contributed by atoms with E-state index in [2.05, 4.69) is 5.32 Å². The van der Waals surface area contributed by atoms with Gasteiger partial charge >= 0.3 is 0 Å². The molecule has 7 heteroatoms. The van der Waals surface area contributed by atoms with Crippen LogP contribution in [0.3, 0.4) is 0 Å². The molecule has 3 rings (SSSR count). The van der Waals surface area contributed by atoms with Crippen LogP contribution in [-0.4, -0.2) is 34.6 Å². The van der Waals surface area contributed by atoms with Gasteiger partial charge in [-0.3, -0.25) is 9.59 Å². The molecule has 0 aliphatic heterocycles. The van der Waals surface area contributed by atoms with Crippen molar-refractivity contribution < 1.29 is 14.0 Å². The highest BCUT2D eigenvalue weighted by Crippen LogP contribution is 2.23. The summed E-state index contributed by atoms with van der Waals surface area (Å²) in [5, 5.41) is 3.81. The maximum absolute atomic E-state index is 13.4. The van der Waals surface area contributed by atoms with E-state index in [9.17, 15) is 14.0 Å². The van der Waals surface area contributed by atoms with E-state index in [0.29, 0.717) is 11.4 Å². The Balaban J connectivity index is 1.73. The minimum Gasteiger partial charge on any atom is -0.352 e. The van der Waals surface area contributed by atoms with E-state index in [4.69, 9.17) is 11.6 Å². The van der Waals surface area contributed by atoms with Crippen LogP contribution >= 0.6 is 23.4 Å². The number of halogens is 2. The first-order valence-electron chi connectivity index (χ1n) is 11.2. The van der Waals surface area contributed by atoms with Crippen molar-refractivity contribution in [1.82, 2.24) is 10.2 Å². The van der Waals surface area contributed by atoms with Gasteiger partial charge in [0.15, 0.2) is 0 Å². The van der Waals surface area contributed by atoms with E-state index >= 15 is 0 Å². The fourth-order valence-corrected chi connectivity index (χ4v) is 4.92. The van der Waals surface area contributed by atoms with Crippen LogP contribution in [0, 0.1) is 5.82 Å². The summed E-state index contributed by atoms with van der Waals surface area (Å²) in [7, 11) is 0. The average molecular weight is 477 g/mol. The molecule has 2 amide bonds. The summed E-state index contributed by atoms with van der Waals surface area (Å²) in [4.78, 5) is 29.0. The molecular weight excluding hydrogens is 447 g/mol. The first-order chi connectivity index (χ1) is 15.5. The van der Waals surface area contributed by atoms with Crippen LogP contribution < -0.4 is 5.32 Å². The molecule has 172 valence electrons. The predicted molar refractivity (Wildman–Crippen MR) is 128 cm³/mol. The second-order valence-corrected chi connectivity index (χ2v) is 9.64. The van der Waals surface area contributed by atoms with Crippen LogP contribution in [0.1, 0.15) is 51.0 Å². The Kier molecular flexibility index (Phi) is 9.42. The average Bonchev–Trinajstić information content (AvgIpc) is 2.80. The Morgan fingerprint density at radius 2 is 1.75 bits per heavy atom. The number of carbonyl (C=O) groups is 2. The summed E-state index contributed by atoms with van der Waals surface area (Å²) in [5.41, 5.74) is 0.792. The van der Waals surface area contributed by atoms with Crippen molar-refractivity contribution in [3.05, 3.63) is 64.9 Å². The SMILES string of the molecule is CC[C@@H](C(=O)NC1CCCCC1)N(Cc1ccc(F)cc1)C(=O)CSc1ccc(Cl)cc1. The summed E-state index contributed by atoms with van der Waals surface area (Å²) in [6.45, 7) is 2.18. The van der Waals surface area contributed by atoms with Crippen molar-refractivity contribution >= 4 is 35.2 Å². The summed E-state index contributed by atoms with van der Waals surface area (Å²) < 4.78 is 13.4. The molecule has 32 heavy (non-hydrogen) atoms. The van der Waals surface area contributed by atoms with E-state index in [1.165, 1.54) is 30.3 Å². The summed E-state index contributed by atoms with van der Waals surface area (Å²) >= 11 is 7.36. The molecule has 0 saturated heterocycles. The Morgan fingerprint density at radius 3 is 2.38 bits per heavy atom. The van der Waals surface area contributed by atoms with Crippen LogP contribution in [0.5, 0.6) is 0 Å². The Labute approximate surface area is 198 Å². The van der Waals surface area contributed by atoms with Gasteiger partial charge in [0.25, 0.3) is 0 Å². The molecule has 1 fully saturated rings. The highest BCUT2D eigenvalue weighted by Gasteiger charge is 2.30. The smallest absolute Gasteiger partial charge is 0.243 e. The highest BCUT2D eigenvalue weighted by atomic mass is 35.5. The van der Waals surface area contributed by atoms with Gasteiger partial charge in [-0.05, 0) is 61.2 Å². The quantitative estimate of drug-likeness (QED) is 0.463. The molecule has 1 N–H and O–H groups in total. The highest BCUT2D eigenvalue weighted by molar-refractivity contribution is 8.00. The molecule has 1 atom stereocenters. The molecule has 1 saturated carbocycles. The number of benzene rings is 2. The molecule has 0 bridgehead atoms. The van der Waals surface area contributed by atoms with E-state index in [1.807, 2.05) is 19.1 Å². The number of nitrogens with one attached hydrogen (secondary N) is 1. The van der Waals surface area contributed by atoms with E-state index < -0.39 is 6.04 Å². The topological polar surface area (TPSA) is 49.4 Å². The van der Waals surface area contributed by atoms with Gasteiger partial charge in [-0.25, -0.2) is 4.39 Å². The second kappa shape index (κ2) is 12.3. The first kappa shape index (κ1) is 24.6. The minimum absolute atomic E-state index is 0.105. The number of rotatable bonds is 9. The van der Waals surface area contributed by atoms with Crippen LogP contribution in [0.4, 0.5) is 4.39 Å². The van der Waals surface area contributed by atoms with E-state index in [1.54, 1.807) is 29.2 Å². The lowest BCUT2D eigenvalue weighted by Crippen LogP contribution is -2.52. The van der Waals surface area contributed by atoms with Gasteiger partial charge in [-0.2, -0.15) is 0 Å². The van der Waals surface area contributed by atoms with Crippen molar-refractivity contribution in [2.75, 3.05) is 5.75 Å². The fraction of sp³-hybridized carbons (Fsp3) is 0.440. The minimum atomic E-state index is -0.569. The largest absolute Gasteiger partial charge is 0.352 e. The number of carbonyl (C=O) groups excluding carboxylic acids is 2. The molecular formula is C25H30ClFN2O2S. The second-order valence-electron chi connectivity index (χ2n) is 8.16. The van der Waals surface area contributed by atoms with Crippen LogP contribution in [0.2, 0.25) is 5.02 Å². The number of amides is 2. The Hall–Kier alpha value is -2.05. The molecule has 0 heterocycles. The van der Waals surface area contributed by atoms with Crippen molar-refractivity contribution in [2.24, 2.45) is 0 Å². The first-order valence-corrected chi connectivity index (χ1v) is 12.5. The summed E-state index contributed by atoms with van der Waals surface area (Å²) in [5.74, 6) is -0.353. The maximum Gasteiger partial charge on any atom is 0.243 e. The summed E-state index contributed by atoms with van der Waals surface area (Å²) in [6, 6.07) is 13.0. The molecule has 0 radical (unpaired) electrons. The molecule has 1 aliphatic carbocycles.